The highest BCUT2D eigenvalue weighted by Crippen LogP contribution is 2.34. The molecule has 0 aliphatic rings. The number of aliphatic carboxylic acids is 1. The first kappa shape index (κ1) is 21.5. The molecule has 6 nitrogen and oxygen atoms in total. The second-order valence-corrected chi connectivity index (χ2v) is 7.00. The standard InChI is InChI=1S/C23H25FN2O4/c1-3-18(27)14-26-21(16-6-8-17(24)9-7-16)13-20(25-26)19-11-15(12-23(28)29)5-10-22(19)30-4-2/h5-11,13,18,27H,3-4,12,14H2,1-2H3,(H,28,29)/t18-/m0/s1. The van der Waals surface area contributed by atoms with Gasteiger partial charge >= 0.3 is 5.97 Å². The molecule has 0 saturated carbocycles. The molecule has 0 fully saturated rings. The number of aromatic nitrogens is 2. The molecule has 3 aromatic rings. The monoisotopic (exact) mass is 412 g/mol. The van der Waals surface area contributed by atoms with E-state index < -0.39 is 12.1 Å². The van der Waals surface area contributed by atoms with Crippen LogP contribution in [0, 0.1) is 5.82 Å². The normalized spacial score (nSPS) is 12.0. The highest BCUT2D eigenvalue weighted by Gasteiger charge is 2.18. The van der Waals surface area contributed by atoms with Crippen molar-refractivity contribution in [2.45, 2.75) is 39.3 Å². The van der Waals surface area contributed by atoms with Crippen molar-refractivity contribution >= 4 is 5.97 Å². The molecule has 0 aliphatic heterocycles. The molecule has 1 heterocycles. The van der Waals surface area contributed by atoms with E-state index in [1.807, 2.05) is 19.9 Å². The number of carbonyl (C=O) groups is 1. The van der Waals surface area contributed by atoms with E-state index in [9.17, 15) is 14.3 Å². The lowest BCUT2D eigenvalue weighted by atomic mass is 10.0. The number of carboxylic acids is 1. The molecule has 0 aliphatic carbocycles. The van der Waals surface area contributed by atoms with Gasteiger partial charge < -0.3 is 14.9 Å². The molecule has 0 amide bonds. The van der Waals surface area contributed by atoms with E-state index >= 15 is 0 Å². The Labute approximate surface area is 174 Å². The number of rotatable bonds is 9. The number of aliphatic hydroxyl groups is 1. The van der Waals surface area contributed by atoms with Crippen molar-refractivity contribution in [3.05, 3.63) is 59.9 Å². The summed E-state index contributed by atoms with van der Waals surface area (Å²) >= 11 is 0. The molecule has 0 radical (unpaired) electrons. The Bertz CT molecular complexity index is 1010. The van der Waals surface area contributed by atoms with Crippen LogP contribution >= 0.6 is 0 Å². The van der Waals surface area contributed by atoms with Crippen LogP contribution in [0.3, 0.4) is 0 Å². The van der Waals surface area contributed by atoms with E-state index in [1.165, 1.54) is 12.1 Å². The summed E-state index contributed by atoms with van der Waals surface area (Å²) in [7, 11) is 0. The predicted molar refractivity (Wildman–Crippen MR) is 112 cm³/mol. The largest absolute Gasteiger partial charge is 0.493 e. The molecule has 0 bridgehead atoms. The Hall–Kier alpha value is -3.19. The van der Waals surface area contributed by atoms with Crippen molar-refractivity contribution in [3.8, 4) is 28.3 Å². The Kier molecular flexibility index (Phi) is 6.84. The lowest BCUT2D eigenvalue weighted by molar-refractivity contribution is -0.136. The summed E-state index contributed by atoms with van der Waals surface area (Å²) in [5.41, 5.74) is 3.38. The molecular formula is C23H25FN2O4. The van der Waals surface area contributed by atoms with Gasteiger partial charge in [0, 0.05) is 11.1 Å². The number of aliphatic hydroxyl groups excluding tert-OH is 1. The predicted octanol–water partition coefficient (Wildman–Crippen LogP) is 4.15. The van der Waals surface area contributed by atoms with Crippen molar-refractivity contribution < 1.29 is 24.1 Å². The number of halogens is 1. The second-order valence-electron chi connectivity index (χ2n) is 7.00. The number of hydrogen-bond donors (Lipinski definition) is 2. The Morgan fingerprint density at radius 2 is 1.90 bits per heavy atom. The minimum atomic E-state index is -0.922. The second kappa shape index (κ2) is 9.54. The van der Waals surface area contributed by atoms with Crippen LogP contribution in [0.2, 0.25) is 0 Å². The summed E-state index contributed by atoms with van der Waals surface area (Å²) < 4.78 is 20.8. The van der Waals surface area contributed by atoms with E-state index in [-0.39, 0.29) is 18.8 Å². The maximum atomic E-state index is 13.4. The average Bonchev–Trinajstić information content (AvgIpc) is 3.13. The van der Waals surface area contributed by atoms with Gasteiger partial charge in [-0.3, -0.25) is 9.48 Å². The SMILES string of the molecule is CCOc1ccc(CC(=O)O)cc1-c1cc(-c2ccc(F)cc2)n(C[C@@H](O)CC)n1. The maximum absolute atomic E-state index is 13.4. The number of nitrogens with zero attached hydrogens (tertiary/aromatic N) is 2. The van der Waals surface area contributed by atoms with Gasteiger partial charge in [-0.25, -0.2) is 4.39 Å². The van der Waals surface area contributed by atoms with E-state index in [2.05, 4.69) is 5.10 Å². The first-order valence-electron chi connectivity index (χ1n) is 9.91. The minimum Gasteiger partial charge on any atom is -0.493 e. The van der Waals surface area contributed by atoms with Gasteiger partial charge in [-0.05, 0) is 61.4 Å². The third-order valence-electron chi connectivity index (χ3n) is 4.75. The molecule has 30 heavy (non-hydrogen) atoms. The zero-order valence-corrected chi connectivity index (χ0v) is 17.0. The van der Waals surface area contributed by atoms with E-state index in [4.69, 9.17) is 9.84 Å². The third kappa shape index (κ3) is 5.04. The van der Waals surface area contributed by atoms with Gasteiger partial charge in [0.15, 0.2) is 0 Å². The summed E-state index contributed by atoms with van der Waals surface area (Å²) in [5, 5.41) is 24.0. The highest BCUT2D eigenvalue weighted by molar-refractivity contribution is 5.76. The summed E-state index contributed by atoms with van der Waals surface area (Å²) in [4.78, 5) is 11.1. The fourth-order valence-electron chi connectivity index (χ4n) is 3.21. The molecule has 3 rings (SSSR count). The van der Waals surface area contributed by atoms with E-state index in [0.29, 0.717) is 35.6 Å². The van der Waals surface area contributed by atoms with Crippen LogP contribution in [-0.2, 0) is 17.8 Å². The Morgan fingerprint density at radius 1 is 1.17 bits per heavy atom. The summed E-state index contributed by atoms with van der Waals surface area (Å²) in [6.07, 6.45) is -0.128. The number of benzene rings is 2. The number of ether oxygens (including phenoxy) is 1. The summed E-state index contributed by atoms with van der Waals surface area (Å²) in [5.74, 6) is -0.662. The fraction of sp³-hybridized carbons (Fsp3) is 0.304. The lowest BCUT2D eigenvalue weighted by Crippen LogP contribution is -2.16. The van der Waals surface area contributed by atoms with Crippen molar-refractivity contribution in [2.24, 2.45) is 0 Å². The smallest absolute Gasteiger partial charge is 0.307 e. The van der Waals surface area contributed by atoms with Gasteiger partial charge in [-0.2, -0.15) is 5.10 Å². The number of carboxylic acid groups (broad SMARTS) is 1. The molecule has 0 spiro atoms. The van der Waals surface area contributed by atoms with Crippen LogP contribution < -0.4 is 4.74 Å². The Balaban J connectivity index is 2.12. The molecule has 2 aromatic carbocycles. The molecule has 2 N–H and O–H groups in total. The van der Waals surface area contributed by atoms with Crippen LogP contribution in [0.25, 0.3) is 22.5 Å². The van der Waals surface area contributed by atoms with Gasteiger partial charge in [-0.15, -0.1) is 0 Å². The summed E-state index contributed by atoms with van der Waals surface area (Å²) in [6.45, 7) is 4.48. The zero-order chi connectivity index (χ0) is 21.7. The van der Waals surface area contributed by atoms with Crippen molar-refractivity contribution in [2.75, 3.05) is 6.61 Å². The van der Waals surface area contributed by atoms with Gasteiger partial charge in [-0.1, -0.05) is 13.0 Å². The molecule has 0 unspecified atom stereocenters. The fourth-order valence-corrected chi connectivity index (χ4v) is 3.21. The number of hydrogen-bond acceptors (Lipinski definition) is 4. The third-order valence-corrected chi connectivity index (χ3v) is 4.75. The van der Waals surface area contributed by atoms with Crippen molar-refractivity contribution in [3.63, 3.8) is 0 Å². The Morgan fingerprint density at radius 3 is 2.53 bits per heavy atom. The molecule has 7 heteroatoms. The van der Waals surface area contributed by atoms with Crippen LogP contribution in [0.5, 0.6) is 5.75 Å². The first-order chi connectivity index (χ1) is 14.4. The van der Waals surface area contributed by atoms with Crippen LogP contribution in [0.15, 0.2) is 48.5 Å². The molecule has 0 saturated heterocycles. The first-order valence-corrected chi connectivity index (χ1v) is 9.91. The molecule has 158 valence electrons. The average molecular weight is 412 g/mol. The van der Waals surface area contributed by atoms with E-state index in [0.717, 1.165) is 11.3 Å². The zero-order valence-electron chi connectivity index (χ0n) is 17.0. The topological polar surface area (TPSA) is 84.6 Å². The van der Waals surface area contributed by atoms with Crippen molar-refractivity contribution in [1.82, 2.24) is 9.78 Å². The molecular weight excluding hydrogens is 387 g/mol. The highest BCUT2D eigenvalue weighted by atomic mass is 19.1. The molecule has 1 aromatic heterocycles. The van der Waals surface area contributed by atoms with Gasteiger partial charge in [0.25, 0.3) is 0 Å². The van der Waals surface area contributed by atoms with Gasteiger partial charge in [0.2, 0.25) is 0 Å². The van der Waals surface area contributed by atoms with Gasteiger partial charge in [0.1, 0.15) is 11.6 Å². The van der Waals surface area contributed by atoms with Gasteiger partial charge in [0.05, 0.1) is 37.1 Å². The van der Waals surface area contributed by atoms with E-state index in [1.54, 1.807) is 35.0 Å². The lowest BCUT2D eigenvalue weighted by Gasteiger charge is -2.12. The summed E-state index contributed by atoms with van der Waals surface area (Å²) in [6, 6.07) is 13.2. The quantitative estimate of drug-likeness (QED) is 0.551. The van der Waals surface area contributed by atoms with Crippen LogP contribution in [-0.4, -0.2) is 38.7 Å². The van der Waals surface area contributed by atoms with Crippen molar-refractivity contribution in [1.29, 1.82) is 0 Å². The van der Waals surface area contributed by atoms with Crippen LogP contribution in [0.4, 0.5) is 4.39 Å². The maximum Gasteiger partial charge on any atom is 0.307 e. The minimum absolute atomic E-state index is 0.112. The van der Waals surface area contributed by atoms with Crippen LogP contribution in [0.1, 0.15) is 25.8 Å². The molecule has 1 atom stereocenters.